The number of methoxy groups -OCH3 is 1. The molecule has 1 aliphatic carbocycles. The predicted molar refractivity (Wildman–Crippen MR) is 47.2 cm³/mol. The molecule has 1 saturated carbocycles. The lowest BCUT2D eigenvalue weighted by atomic mass is 10.0. The normalized spacial score (nSPS) is 17.9. The zero-order chi connectivity index (χ0) is 9.31. The predicted octanol–water partition coefficient (Wildman–Crippen LogP) is 1.29. The molecule has 1 aliphatic rings. The maximum atomic E-state index is 11.4. The van der Waals surface area contributed by atoms with Crippen LogP contribution in [0.1, 0.15) is 18.5 Å². The summed E-state index contributed by atoms with van der Waals surface area (Å²) in [5.41, 5.74) is 0.414. The van der Waals surface area contributed by atoms with Gasteiger partial charge in [-0.15, -0.1) is 0 Å². The highest BCUT2D eigenvalue weighted by atomic mass is 16.5. The van der Waals surface area contributed by atoms with Crippen molar-refractivity contribution in [3.63, 3.8) is 0 Å². The van der Waals surface area contributed by atoms with E-state index >= 15 is 0 Å². The summed E-state index contributed by atoms with van der Waals surface area (Å²) in [4.78, 5) is 15.6. The second kappa shape index (κ2) is 2.83. The van der Waals surface area contributed by atoms with Crippen LogP contribution in [0.5, 0.6) is 0 Å². The Hall–Kier alpha value is -1.38. The number of hydrogen-bond donors (Lipinski definition) is 0. The van der Waals surface area contributed by atoms with Gasteiger partial charge in [-0.2, -0.15) is 0 Å². The lowest BCUT2D eigenvalue weighted by Gasteiger charge is -2.10. The van der Waals surface area contributed by atoms with Crippen LogP contribution in [0.4, 0.5) is 0 Å². The van der Waals surface area contributed by atoms with Crippen LogP contribution in [0.3, 0.4) is 0 Å². The first-order chi connectivity index (χ1) is 6.29. The van der Waals surface area contributed by atoms with Crippen molar-refractivity contribution in [2.75, 3.05) is 7.11 Å². The Morgan fingerprint density at radius 1 is 1.54 bits per heavy atom. The number of nitrogens with zero attached hydrogens (tertiary/aromatic N) is 1. The quantitative estimate of drug-likeness (QED) is 0.639. The Morgan fingerprint density at radius 3 is 2.77 bits per heavy atom. The Bertz CT molecular complexity index is 317. The van der Waals surface area contributed by atoms with E-state index in [2.05, 4.69) is 4.98 Å². The number of rotatable bonds is 2. The third-order valence-corrected chi connectivity index (χ3v) is 2.48. The summed E-state index contributed by atoms with van der Waals surface area (Å²) < 4.78 is 4.75. The molecule has 0 bridgehead atoms. The molecule has 1 aromatic rings. The number of aromatic nitrogens is 1. The molecule has 3 nitrogen and oxygen atoms in total. The van der Waals surface area contributed by atoms with Crippen molar-refractivity contribution in [3.8, 4) is 0 Å². The van der Waals surface area contributed by atoms with Crippen LogP contribution < -0.4 is 0 Å². The molecule has 1 heterocycles. The van der Waals surface area contributed by atoms with Gasteiger partial charge in [0, 0.05) is 6.20 Å². The van der Waals surface area contributed by atoms with E-state index in [1.807, 2.05) is 18.2 Å². The molecule has 0 aliphatic heterocycles. The molecule has 13 heavy (non-hydrogen) atoms. The zero-order valence-electron chi connectivity index (χ0n) is 7.49. The lowest BCUT2D eigenvalue weighted by Crippen LogP contribution is -2.22. The van der Waals surface area contributed by atoms with Gasteiger partial charge in [-0.05, 0) is 25.0 Å². The van der Waals surface area contributed by atoms with Crippen LogP contribution >= 0.6 is 0 Å². The van der Waals surface area contributed by atoms with Crippen LogP contribution in [0.2, 0.25) is 0 Å². The highest BCUT2D eigenvalue weighted by Gasteiger charge is 2.53. The van der Waals surface area contributed by atoms with Gasteiger partial charge in [0.05, 0.1) is 12.8 Å². The van der Waals surface area contributed by atoms with Gasteiger partial charge in [0.15, 0.2) is 0 Å². The summed E-state index contributed by atoms with van der Waals surface area (Å²) in [6.45, 7) is 0. The number of carbonyl (C=O) groups excluding carboxylic acids is 1. The first kappa shape index (κ1) is 8.23. The minimum atomic E-state index is -0.421. The van der Waals surface area contributed by atoms with E-state index < -0.39 is 5.41 Å². The first-order valence-electron chi connectivity index (χ1n) is 4.29. The minimum absolute atomic E-state index is 0.161. The summed E-state index contributed by atoms with van der Waals surface area (Å²) in [5.74, 6) is -0.161. The van der Waals surface area contributed by atoms with Crippen molar-refractivity contribution in [3.05, 3.63) is 30.1 Å². The molecule has 68 valence electrons. The van der Waals surface area contributed by atoms with Crippen LogP contribution in [0.25, 0.3) is 0 Å². The van der Waals surface area contributed by atoms with Crippen molar-refractivity contribution in [2.24, 2.45) is 0 Å². The molecule has 1 fully saturated rings. The van der Waals surface area contributed by atoms with Crippen LogP contribution in [0, 0.1) is 0 Å². The SMILES string of the molecule is COC(=O)C1(c2ccccn2)CC1. The fraction of sp³-hybridized carbons (Fsp3) is 0.400. The molecule has 3 heteroatoms. The van der Waals surface area contributed by atoms with Gasteiger partial charge < -0.3 is 4.74 Å². The van der Waals surface area contributed by atoms with E-state index in [1.54, 1.807) is 6.20 Å². The Labute approximate surface area is 76.7 Å². The molecule has 0 saturated heterocycles. The molecule has 2 rings (SSSR count). The third kappa shape index (κ3) is 1.20. The summed E-state index contributed by atoms with van der Waals surface area (Å²) in [7, 11) is 1.42. The zero-order valence-corrected chi connectivity index (χ0v) is 7.49. The van der Waals surface area contributed by atoms with E-state index in [0.717, 1.165) is 18.5 Å². The van der Waals surface area contributed by atoms with E-state index in [1.165, 1.54) is 7.11 Å². The monoisotopic (exact) mass is 177 g/mol. The third-order valence-electron chi connectivity index (χ3n) is 2.48. The van der Waals surface area contributed by atoms with Gasteiger partial charge in [-0.25, -0.2) is 0 Å². The van der Waals surface area contributed by atoms with Crippen molar-refractivity contribution in [2.45, 2.75) is 18.3 Å². The van der Waals surface area contributed by atoms with Gasteiger partial charge in [0.2, 0.25) is 0 Å². The molecule has 0 atom stereocenters. The van der Waals surface area contributed by atoms with Gasteiger partial charge >= 0.3 is 5.97 Å². The van der Waals surface area contributed by atoms with E-state index in [0.29, 0.717) is 0 Å². The highest BCUT2D eigenvalue weighted by molar-refractivity contribution is 5.85. The summed E-state index contributed by atoms with van der Waals surface area (Å²) in [6.07, 6.45) is 3.42. The number of ether oxygens (including phenoxy) is 1. The average Bonchev–Trinajstić information content (AvgIpc) is 2.99. The van der Waals surface area contributed by atoms with Crippen molar-refractivity contribution >= 4 is 5.97 Å². The number of carbonyl (C=O) groups is 1. The Balaban J connectivity index is 2.31. The van der Waals surface area contributed by atoms with E-state index in [9.17, 15) is 4.79 Å². The van der Waals surface area contributed by atoms with Crippen molar-refractivity contribution in [1.29, 1.82) is 0 Å². The molecule has 0 unspecified atom stereocenters. The summed E-state index contributed by atoms with van der Waals surface area (Å²) in [5, 5.41) is 0. The molecule has 0 amide bonds. The molecule has 0 aromatic carbocycles. The molecular weight excluding hydrogens is 166 g/mol. The molecule has 0 N–H and O–H groups in total. The molecular formula is C10H11NO2. The van der Waals surface area contributed by atoms with Gasteiger partial charge in [-0.3, -0.25) is 9.78 Å². The van der Waals surface area contributed by atoms with Crippen LogP contribution in [-0.2, 0) is 14.9 Å². The summed E-state index contributed by atoms with van der Waals surface area (Å²) in [6, 6.07) is 5.62. The molecule has 0 radical (unpaired) electrons. The first-order valence-corrected chi connectivity index (χ1v) is 4.29. The topological polar surface area (TPSA) is 39.2 Å². The molecule has 1 aromatic heterocycles. The largest absolute Gasteiger partial charge is 0.468 e. The van der Waals surface area contributed by atoms with Gasteiger partial charge in [0.1, 0.15) is 5.41 Å². The fourth-order valence-electron chi connectivity index (χ4n) is 1.53. The average molecular weight is 177 g/mol. The Kier molecular flexibility index (Phi) is 1.79. The van der Waals surface area contributed by atoms with Gasteiger partial charge in [-0.1, -0.05) is 6.07 Å². The van der Waals surface area contributed by atoms with Crippen LogP contribution in [0.15, 0.2) is 24.4 Å². The number of pyridine rings is 1. The maximum absolute atomic E-state index is 11.4. The second-order valence-electron chi connectivity index (χ2n) is 3.29. The van der Waals surface area contributed by atoms with Gasteiger partial charge in [0.25, 0.3) is 0 Å². The van der Waals surface area contributed by atoms with E-state index in [4.69, 9.17) is 4.74 Å². The highest BCUT2D eigenvalue weighted by Crippen LogP contribution is 2.48. The maximum Gasteiger partial charge on any atom is 0.317 e. The fourth-order valence-corrected chi connectivity index (χ4v) is 1.53. The summed E-state index contributed by atoms with van der Waals surface area (Å²) >= 11 is 0. The van der Waals surface area contributed by atoms with Crippen molar-refractivity contribution < 1.29 is 9.53 Å². The van der Waals surface area contributed by atoms with E-state index in [-0.39, 0.29) is 5.97 Å². The molecule has 0 spiro atoms. The Morgan fingerprint density at radius 2 is 2.31 bits per heavy atom. The minimum Gasteiger partial charge on any atom is -0.468 e. The number of hydrogen-bond acceptors (Lipinski definition) is 3. The standard InChI is InChI=1S/C10H11NO2/c1-13-9(12)10(5-6-10)8-4-2-3-7-11-8/h2-4,7H,5-6H2,1H3. The lowest BCUT2D eigenvalue weighted by molar-refractivity contribution is -0.143. The number of esters is 1. The van der Waals surface area contributed by atoms with Crippen LogP contribution in [-0.4, -0.2) is 18.1 Å². The second-order valence-corrected chi connectivity index (χ2v) is 3.29. The smallest absolute Gasteiger partial charge is 0.317 e. The van der Waals surface area contributed by atoms with Crippen molar-refractivity contribution in [1.82, 2.24) is 4.98 Å².